The van der Waals surface area contributed by atoms with E-state index < -0.39 is 11.9 Å². The second-order valence-corrected chi connectivity index (χ2v) is 6.36. The topological polar surface area (TPSA) is 77.0 Å². The molecule has 0 spiro atoms. The molecule has 1 unspecified atom stereocenters. The molecule has 6 nitrogen and oxygen atoms in total. The number of methoxy groups -OCH3 is 1. The largest absolute Gasteiger partial charge is 0.497 e. The van der Waals surface area contributed by atoms with Gasteiger partial charge in [-0.3, -0.25) is 4.79 Å². The minimum absolute atomic E-state index is 0.0791. The molecule has 140 valence electrons. The molecule has 0 fully saturated rings. The molecule has 1 aromatic rings. The van der Waals surface area contributed by atoms with E-state index in [1.807, 2.05) is 24.3 Å². The van der Waals surface area contributed by atoms with Crippen LogP contribution in [-0.2, 0) is 20.9 Å². The number of halogens is 1. The standard InChI is InChI=1S/C20H19ClN2O4/c1-3-27-20(25)17-18(22-11-12-5-4-6-14(9-12)26-2)15-8-7-13(21)10-16(15)23-19(17)24/h4-10,15,22H,3,11H2,1-2H3. The highest BCUT2D eigenvalue weighted by Crippen LogP contribution is 2.29. The molecule has 1 aliphatic carbocycles. The van der Waals surface area contributed by atoms with Crippen molar-refractivity contribution in [3.05, 3.63) is 64.4 Å². The first-order chi connectivity index (χ1) is 13.0. The van der Waals surface area contributed by atoms with Crippen molar-refractivity contribution >= 4 is 29.2 Å². The first-order valence-corrected chi connectivity index (χ1v) is 8.87. The maximum Gasteiger partial charge on any atom is 0.345 e. The lowest BCUT2D eigenvalue weighted by Gasteiger charge is -2.27. The molecule has 1 aliphatic heterocycles. The summed E-state index contributed by atoms with van der Waals surface area (Å²) >= 11 is 6.03. The molecule has 0 radical (unpaired) electrons. The molecule has 2 aliphatic rings. The Balaban J connectivity index is 1.94. The van der Waals surface area contributed by atoms with Gasteiger partial charge in [0.25, 0.3) is 5.91 Å². The molecule has 1 N–H and O–H groups in total. The van der Waals surface area contributed by atoms with E-state index in [-0.39, 0.29) is 18.1 Å². The van der Waals surface area contributed by atoms with Crippen LogP contribution in [0.15, 0.2) is 63.8 Å². The monoisotopic (exact) mass is 386 g/mol. The number of nitrogens with one attached hydrogen (secondary N) is 1. The van der Waals surface area contributed by atoms with Crippen LogP contribution >= 0.6 is 11.6 Å². The number of allylic oxidation sites excluding steroid dienone is 4. The maximum absolute atomic E-state index is 12.5. The van der Waals surface area contributed by atoms with Gasteiger partial charge in [-0.2, -0.15) is 0 Å². The Hall–Kier alpha value is -2.86. The Morgan fingerprint density at radius 3 is 2.93 bits per heavy atom. The van der Waals surface area contributed by atoms with Crippen molar-refractivity contribution in [3.63, 3.8) is 0 Å². The number of dihydropyridines is 1. The normalized spacial score (nSPS) is 18.5. The molecule has 0 aromatic heterocycles. The van der Waals surface area contributed by atoms with Crippen molar-refractivity contribution < 1.29 is 19.1 Å². The first-order valence-electron chi connectivity index (χ1n) is 8.50. The predicted octanol–water partition coefficient (Wildman–Crippen LogP) is 2.89. The Kier molecular flexibility index (Phi) is 5.76. The fourth-order valence-corrected chi connectivity index (χ4v) is 3.12. The number of fused-ring (bicyclic) bond motifs is 1. The molecule has 7 heteroatoms. The molecular formula is C20H19ClN2O4. The van der Waals surface area contributed by atoms with Crippen LogP contribution < -0.4 is 10.1 Å². The third kappa shape index (κ3) is 4.11. The van der Waals surface area contributed by atoms with Crippen molar-refractivity contribution in [1.29, 1.82) is 0 Å². The Labute approximate surface area is 162 Å². The number of rotatable bonds is 6. The number of nitrogens with zero attached hydrogens (tertiary/aromatic N) is 1. The Morgan fingerprint density at radius 2 is 2.19 bits per heavy atom. The van der Waals surface area contributed by atoms with Crippen LogP contribution in [-0.4, -0.2) is 31.3 Å². The van der Waals surface area contributed by atoms with E-state index >= 15 is 0 Å². The van der Waals surface area contributed by atoms with E-state index in [0.29, 0.717) is 23.0 Å². The molecule has 1 heterocycles. The van der Waals surface area contributed by atoms with Gasteiger partial charge in [0.05, 0.1) is 25.3 Å². The number of amides is 1. The Morgan fingerprint density at radius 1 is 1.37 bits per heavy atom. The van der Waals surface area contributed by atoms with Crippen molar-refractivity contribution in [3.8, 4) is 5.75 Å². The summed E-state index contributed by atoms with van der Waals surface area (Å²) in [6, 6.07) is 7.52. The number of hydrogen-bond acceptors (Lipinski definition) is 5. The van der Waals surface area contributed by atoms with Crippen LogP contribution in [0.1, 0.15) is 12.5 Å². The summed E-state index contributed by atoms with van der Waals surface area (Å²) in [5.74, 6) is -0.963. The zero-order chi connectivity index (χ0) is 19.4. The van der Waals surface area contributed by atoms with Gasteiger partial charge in [-0.15, -0.1) is 0 Å². The predicted molar refractivity (Wildman–Crippen MR) is 103 cm³/mol. The molecule has 0 bridgehead atoms. The van der Waals surface area contributed by atoms with Crippen molar-refractivity contribution in [1.82, 2.24) is 5.32 Å². The SMILES string of the molecule is CCOC(=O)C1=C(NCc2cccc(OC)c2)C2C=CC(Cl)=CC2=NC1=O. The lowest BCUT2D eigenvalue weighted by atomic mass is 9.88. The third-order valence-corrected chi connectivity index (χ3v) is 4.41. The zero-order valence-electron chi connectivity index (χ0n) is 15.0. The van der Waals surface area contributed by atoms with E-state index in [0.717, 1.165) is 11.3 Å². The fourth-order valence-electron chi connectivity index (χ4n) is 2.93. The number of benzene rings is 1. The van der Waals surface area contributed by atoms with Crippen LogP contribution in [0.2, 0.25) is 0 Å². The third-order valence-electron chi connectivity index (χ3n) is 4.17. The molecule has 1 aromatic carbocycles. The molecule has 0 saturated carbocycles. The minimum atomic E-state index is -0.688. The van der Waals surface area contributed by atoms with Gasteiger partial charge in [0, 0.05) is 17.3 Å². The van der Waals surface area contributed by atoms with Crippen LogP contribution in [0.4, 0.5) is 0 Å². The average molecular weight is 387 g/mol. The van der Waals surface area contributed by atoms with E-state index in [2.05, 4.69) is 10.3 Å². The van der Waals surface area contributed by atoms with Gasteiger partial charge in [-0.1, -0.05) is 29.8 Å². The number of hydrogen-bond donors (Lipinski definition) is 1. The Bertz CT molecular complexity index is 899. The van der Waals surface area contributed by atoms with Crippen LogP contribution in [0.25, 0.3) is 0 Å². The van der Waals surface area contributed by atoms with Crippen LogP contribution in [0.5, 0.6) is 5.75 Å². The summed E-state index contributed by atoms with van der Waals surface area (Å²) in [7, 11) is 1.60. The number of ether oxygens (including phenoxy) is 2. The first kappa shape index (κ1) is 18.9. The van der Waals surface area contributed by atoms with Crippen molar-refractivity contribution in [2.24, 2.45) is 10.9 Å². The maximum atomic E-state index is 12.5. The van der Waals surface area contributed by atoms with Gasteiger partial charge >= 0.3 is 5.97 Å². The van der Waals surface area contributed by atoms with Gasteiger partial charge in [-0.05, 0) is 36.8 Å². The van der Waals surface area contributed by atoms with Gasteiger partial charge in [0.15, 0.2) is 0 Å². The molecule has 27 heavy (non-hydrogen) atoms. The van der Waals surface area contributed by atoms with Crippen LogP contribution in [0, 0.1) is 5.92 Å². The molecule has 1 amide bonds. The lowest BCUT2D eigenvalue weighted by Crippen LogP contribution is -2.35. The van der Waals surface area contributed by atoms with Crippen LogP contribution in [0.3, 0.4) is 0 Å². The average Bonchev–Trinajstić information content (AvgIpc) is 2.65. The van der Waals surface area contributed by atoms with Gasteiger partial charge < -0.3 is 14.8 Å². The van der Waals surface area contributed by atoms with E-state index in [1.165, 1.54) is 0 Å². The molecule has 3 rings (SSSR count). The number of carbonyl (C=O) groups excluding carboxylic acids is 2. The number of carbonyl (C=O) groups is 2. The van der Waals surface area contributed by atoms with Crippen molar-refractivity contribution in [2.75, 3.05) is 13.7 Å². The highest BCUT2D eigenvalue weighted by molar-refractivity contribution is 6.34. The molecular weight excluding hydrogens is 368 g/mol. The summed E-state index contributed by atoms with van der Waals surface area (Å²) in [4.78, 5) is 28.9. The van der Waals surface area contributed by atoms with E-state index in [9.17, 15) is 9.59 Å². The minimum Gasteiger partial charge on any atom is -0.497 e. The van der Waals surface area contributed by atoms with Crippen molar-refractivity contribution in [2.45, 2.75) is 13.5 Å². The molecule has 1 atom stereocenters. The summed E-state index contributed by atoms with van der Waals surface area (Å²) in [5.41, 5.74) is 1.82. The second kappa shape index (κ2) is 8.22. The summed E-state index contributed by atoms with van der Waals surface area (Å²) < 4.78 is 10.3. The number of aliphatic imine (C=N–C) groups is 1. The molecule has 0 saturated heterocycles. The highest BCUT2D eigenvalue weighted by Gasteiger charge is 2.35. The zero-order valence-corrected chi connectivity index (χ0v) is 15.7. The van der Waals surface area contributed by atoms with E-state index in [1.54, 1.807) is 32.3 Å². The van der Waals surface area contributed by atoms with Gasteiger partial charge in [0.1, 0.15) is 11.3 Å². The van der Waals surface area contributed by atoms with Gasteiger partial charge in [0.2, 0.25) is 0 Å². The fraction of sp³-hybridized carbons (Fsp3) is 0.250. The summed E-state index contributed by atoms with van der Waals surface area (Å²) in [6.07, 6.45) is 5.15. The summed E-state index contributed by atoms with van der Waals surface area (Å²) in [6.45, 7) is 2.26. The quantitative estimate of drug-likeness (QED) is 0.601. The smallest absolute Gasteiger partial charge is 0.345 e. The van der Waals surface area contributed by atoms with E-state index in [4.69, 9.17) is 21.1 Å². The lowest BCUT2D eigenvalue weighted by molar-refractivity contribution is -0.140. The number of esters is 1. The summed E-state index contributed by atoms with van der Waals surface area (Å²) in [5, 5.41) is 3.70. The highest BCUT2D eigenvalue weighted by atomic mass is 35.5. The second-order valence-electron chi connectivity index (χ2n) is 5.92. The van der Waals surface area contributed by atoms with Gasteiger partial charge in [-0.25, -0.2) is 9.79 Å².